The highest BCUT2D eigenvalue weighted by Gasteiger charge is 2.25. The van der Waals surface area contributed by atoms with Gasteiger partial charge in [0.1, 0.15) is 5.15 Å². The fourth-order valence-corrected chi connectivity index (χ4v) is 2.77. The predicted octanol–water partition coefficient (Wildman–Crippen LogP) is 0.127. The Morgan fingerprint density at radius 3 is 2.74 bits per heavy atom. The van der Waals surface area contributed by atoms with Crippen molar-refractivity contribution in [1.29, 1.82) is 0 Å². The Hall–Kier alpha value is -1.16. The number of nitrogens with zero attached hydrogens (tertiary/aromatic N) is 3. The molecule has 0 aliphatic carbocycles. The fraction of sp³-hybridized carbons (Fsp3) is 0.556. The molecular formula is C9H13ClN4O4S. The molecule has 1 saturated heterocycles. The minimum Gasteiger partial charge on any atom is -0.481 e. The summed E-state index contributed by atoms with van der Waals surface area (Å²) < 4.78 is 37.6. The number of ether oxygens (including phenoxy) is 2. The van der Waals surface area contributed by atoms with Crippen molar-refractivity contribution in [2.24, 2.45) is 0 Å². The SMILES string of the molecule is COc1cc(Cl)nc(NS(=O)(=O)N2CCOCC2)n1. The van der Waals surface area contributed by atoms with Crippen LogP contribution < -0.4 is 9.46 Å². The van der Waals surface area contributed by atoms with Gasteiger partial charge in [0.25, 0.3) is 0 Å². The Balaban J connectivity index is 2.17. The number of halogens is 1. The van der Waals surface area contributed by atoms with Crippen molar-refractivity contribution in [3.8, 4) is 5.88 Å². The molecule has 2 heterocycles. The first kappa shape index (κ1) is 14.3. The van der Waals surface area contributed by atoms with E-state index in [0.717, 1.165) is 0 Å². The third-order valence-corrected chi connectivity index (χ3v) is 4.09. The molecule has 1 aromatic rings. The van der Waals surface area contributed by atoms with Crippen LogP contribution in [0.1, 0.15) is 0 Å². The molecule has 0 bridgehead atoms. The van der Waals surface area contributed by atoms with E-state index in [9.17, 15) is 8.42 Å². The van der Waals surface area contributed by atoms with E-state index in [0.29, 0.717) is 13.2 Å². The highest BCUT2D eigenvalue weighted by molar-refractivity contribution is 7.90. The van der Waals surface area contributed by atoms with E-state index in [1.54, 1.807) is 0 Å². The van der Waals surface area contributed by atoms with Crippen molar-refractivity contribution < 1.29 is 17.9 Å². The minimum absolute atomic E-state index is 0.0894. The monoisotopic (exact) mass is 308 g/mol. The highest BCUT2D eigenvalue weighted by atomic mass is 35.5. The van der Waals surface area contributed by atoms with Crippen LogP contribution in [0.5, 0.6) is 5.88 Å². The van der Waals surface area contributed by atoms with Crippen LogP contribution in [0.3, 0.4) is 0 Å². The maximum absolute atomic E-state index is 12.1. The van der Waals surface area contributed by atoms with Gasteiger partial charge < -0.3 is 9.47 Å². The quantitative estimate of drug-likeness (QED) is 0.795. The van der Waals surface area contributed by atoms with Crippen LogP contribution in [0.2, 0.25) is 5.15 Å². The normalized spacial score (nSPS) is 17.2. The van der Waals surface area contributed by atoms with Crippen molar-refractivity contribution in [3.05, 3.63) is 11.2 Å². The minimum atomic E-state index is -3.71. The summed E-state index contributed by atoms with van der Waals surface area (Å²) in [6.07, 6.45) is 0. The molecule has 0 saturated carbocycles. The molecule has 19 heavy (non-hydrogen) atoms. The molecule has 8 nitrogen and oxygen atoms in total. The van der Waals surface area contributed by atoms with Crippen molar-refractivity contribution in [3.63, 3.8) is 0 Å². The molecular weight excluding hydrogens is 296 g/mol. The van der Waals surface area contributed by atoms with E-state index in [-0.39, 0.29) is 30.1 Å². The Kier molecular flexibility index (Phi) is 4.40. The lowest BCUT2D eigenvalue weighted by Crippen LogP contribution is -2.43. The summed E-state index contributed by atoms with van der Waals surface area (Å²) in [6.45, 7) is 1.29. The third-order valence-electron chi connectivity index (χ3n) is 2.41. The molecule has 0 aromatic carbocycles. The van der Waals surface area contributed by atoms with Gasteiger partial charge in [-0.15, -0.1) is 0 Å². The van der Waals surface area contributed by atoms with Crippen molar-refractivity contribution in [2.75, 3.05) is 38.1 Å². The van der Waals surface area contributed by atoms with Gasteiger partial charge in [-0.2, -0.15) is 17.7 Å². The van der Waals surface area contributed by atoms with Crippen LogP contribution in [0, 0.1) is 0 Å². The lowest BCUT2D eigenvalue weighted by atomic mass is 10.5. The van der Waals surface area contributed by atoms with Gasteiger partial charge in [0.2, 0.25) is 11.8 Å². The molecule has 0 amide bonds. The zero-order valence-corrected chi connectivity index (χ0v) is 11.7. The van der Waals surface area contributed by atoms with E-state index in [1.165, 1.54) is 17.5 Å². The average Bonchev–Trinajstić information content (AvgIpc) is 2.38. The molecule has 10 heteroatoms. The van der Waals surface area contributed by atoms with Crippen LogP contribution in [0.25, 0.3) is 0 Å². The number of nitrogens with one attached hydrogen (secondary N) is 1. The Labute approximate surface area is 115 Å². The highest BCUT2D eigenvalue weighted by Crippen LogP contribution is 2.17. The zero-order chi connectivity index (χ0) is 13.9. The van der Waals surface area contributed by atoms with Crippen LogP contribution in [-0.4, -0.2) is 56.1 Å². The molecule has 1 N–H and O–H groups in total. The van der Waals surface area contributed by atoms with Gasteiger partial charge in [-0.25, -0.2) is 9.71 Å². The van der Waals surface area contributed by atoms with Crippen LogP contribution >= 0.6 is 11.6 Å². The smallest absolute Gasteiger partial charge is 0.304 e. The number of hydrogen-bond donors (Lipinski definition) is 1. The van der Waals surface area contributed by atoms with Crippen molar-refractivity contribution in [2.45, 2.75) is 0 Å². The molecule has 2 rings (SSSR count). The lowest BCUT2D eigenvalue weighted by Gasteiger charge is -2.25. The van der Waals surface area contributed by atoms with E-state index in [2.05, 4.69) is 14.7 Å². The van der Waals surface area contributed by atoms with Crippen LogP contribution in [0.4, 0.5) is 5.95 Å². The second-order valence-corrected chi connectivity index (χ2v) is 5.73. The summed E-state index contributed by atoms with van der Waals surface area (Å²) in [5.74, 6) is 0.0514. The van der Waals surface area contributed by atoms with E-state index >= 15 is 0 Å². The first-order valence-corrected chi connectivity index (χ1v) is 7.27. The van der Waals surface area contributed by atoms with E-state index in [1.807, 2.05) is 0 Å². The van der Waals surface area contributed by atoms with Gasteiger partial charge in [0.05, 0.1) is 20.3 Å². The standard InChI is InChI=1S/C9H13ClN4O4S/c1-17-8-6-7(10)11-9(12-8)13-19(15,16)14-2-4-18-5-3-14/h6H,2-5H2,1H3,(H,11,12,13). The van der Waals surface area contributed by atoms with Gasteiger partial charge in [-0.3, -0.25) is 0 Å². The topological polar surface area (TPSA) is 93.6 Å². The molecule has 0 atom stereocenters. The lowest BCUT2D eigenvalue weighted by molar-refractivity contribution is 0.0733. The molecule has 0 spiro atoms. The van der Waals surface area contributed by atoms with Gasteiger partial charge in [-0.1, -0.05) is 11.6 Å². The molecule has 1 aliphatic heterocycles. The molecule has 1 fully saturated rings. The maximum atomic E-state index is 12.1. The maximum Gasteiger partial charge on any atom is 0.304 e. The Morgan fingerprint density at radius 1 is 1.42 bits per heavy atom. The summed E-state index contributed by atoms with van der Waals surface area (Å²) in [4.78, 5) is 7.65. The van der Waals surface area contributed by atoms with Crippen LogP contribution in [0.15, 0.2) is 6.07 Å². The number of anilines is 1. The fourth-order valence-electron chi connectivity index (χ4n) is 1.51. The predicted molar refractivity (Wildman–Crippen MR) is 68.5 cm³/mol. The number of morpholine rings is 1. The summed E-state index contributed by atoms with van der Waals surface area (Å²) in [5, 5.41) is 0.0894. The first-order chi connectivity index (χ1) is 9.01. The average molecular weight is 309 g/mol. The number of aromatic nitrogens is 2. The zero-order valence-electron chi connectivity index (χ0n) is 10.2. The second-order valence-electron chi connectivity index (χ2n) is 3.68. The van der Waals surface area contributed by atoms with Crippen LogP contribution in [-0.2, 0) is 14.9 Å². The third kappa shape index (κ3) is 3.66. The van der Waals surface area contributed by atoms with E-state index < -0.39 is 10.2 Å². The molecule has 0 unspecified atom stereocenters. The number of methoxy groups -OCH3 is 1. The van der Waals surface area contributed by atoms with E-state index in [4.69, 9.17) is 21.1 Å². The van der Waals surface area contributed by atoms with Crippen molar-refractivity contribution in [1.82, 2.24) is 14.3 Å². The summed E-state index contributed by atoms with van der Waals surface area (Å²) in [6, 6.07) is 1.38. The molecule has 1 aliphatic rings. The van der Waals surface area contributed by atoms with Crippen molar-refractivity contribution >= 4 is 27.8 Å². The van der Waals surface area contributed by atoms with Gasteiger partial charge in [0.15, 0.2) is 0 Å². The number of hydrogen-bond acceptors (Lipinski definition) is 6. The molecule has 0 radical (unpaired) electrons. The van der Waals surface area contributed by atoms with Gasteiger partial charge >= 0.3 is 10.2 Å². The summed E-state index contributed by atoms with van der Waals surface area (Å²) in [7, 11) is -2.31. The Morgan fingerprint density at radius 2 is 2.11 bits per heavy atom. The summed E-state index contributed by atoms with van der Waals surface area (Å²) >= 11 is 5.74. The molecule has 1 aromatic heterocycles. The molecule has 106 valence electrons. The Bertz CT molecular complexity index is 547. The number of rotatable bonds is 4. The second kappa shape index (κ2) is 5.87. The largest absolute Gasteiger partial charge is 0.481 e. The van der Waals surface area contributed by atoms with Gasteiger partial charge in [0, 0.05) is 19.2 Å². The van der Waals surface area contributed by atoms with Gasteiger partial charge in [-0.05, 0) is 0 Å². The summed E-state index contributed by atoms with van der Waals surface area (Å²) in [5.41, 5.74) is 0. The first-order valence-electron chi connectivity index (χ1n) is 5.45.